The first-order valence-electron chi connectivity index (χ1n) is 13.2. The Balaban J connectivity index is 1.70. The van der Waals surface area contributed by atoms with Crippen molar-refractivity contribution in [3.05, 3.63) is 32.9 Å². The van der Waals surface area contributed by atoms with Crippen molar-refractivity contribution in [1.29, 1.82) is 0 Å². The van der Waals surface area contributed by atoms with Crippen molar-refractivity contribution >= 4 is 34.4 Å². The zero-order chi connectivity index (χ0) is 27.2. The van der Waals surface area contributed by atoms with Crippen molar-refractivity contribution in [2.75, 3.05) is 26.9 Å². The van der Waals surface area contributed by atoms with Crippen molar-refractivity contribution in [2.45, 2.75) is 81.9 Å². The zero-order valence-electron chi connectivity index (χ0n) is 21.6. The number of hydrogen-bond acceptors (Lipinski definition) is 8. The summed E-state index contributed by atoms with van der Waals surface area (Å²) in [5.41, 5.74) is 1.03. The summed E-state index contributed by atoms with van der Waals surface area (Å²) in [7, 11) is 1.49. The minimum atomic E-state index is -1.12. The van der Waals surface area contributed by atoms with Crippen molar-refractivity contribution < 1.29 is 39.1 Å². The molecule has 10 nitrogen and oxygen atoms in total. The number of rotatable bonds is 10. The second kappa shape index (κ2) is 13.4. The molecule has 2 amide bonds. The summed E-state index contributed by atoms with van der Waals surface area (Å²) in [6.07, 6.45) is 4.23. The number of benzene rings is 1. The van der Waals surface area contributed by atoms with Gasteiger partial charge in [-0.05, 0) is 72.0 Å². The Morgan fingerprint density at radius 3 is 2.58 bits per heavy atom. The van der Waals surface area contributed by atoms with Gasteiger partial charge in [-0.25, -0.2) is 0 Å². The zero-order valence-corrected chi connectivity index (χ0v) is 23.8. The number of carbonyl (C=O) groups excluding carboxylic acids is 2. The number of nitrogens with one attached hydrogen (secondary N) is 1. The highest BCUT2D eigenvalue weighted by Gasteiger charge is 2.45. The molecule has 0 bridgehead atoms. The van der Waals surface area contributed by atoms with Crippen LogP contribution in [-0.2, 0) is 20.9 Å². The SMILES string of the molecule is COc1cc(CO)cc(I)c1OC1C=C(C(=O)NCCO)CC(N(C(=O)C2CCCO2)C2CCCC2)C1O. The number of carbonyl (C=O) groups is 2. The summed E-state index contributed by atoms with van der Waals surface area (Å²) in [5, 5.41) is 33.2. The molecule has 4 N–H and O–H groups in total. The average Bonchev–Trinajstić information content (AvgIpc) is 3.65. The number of nitrogens with zero attached hydrogens (tertiary/aromatic N) is 1. The van der Waals surface area contributed by atoms with Gasteiger partial charge in [0.15, 0.2) is 11.5 Å². The van der Waals surface area contributed by atoms with E-state index in [4.69, 9.17) is 14.2 Å². The molecule has 0 spiro atoms. The van der Waals surface area contributed by atoms with Gasteiger partial charge in [0, 0.05) is 31.2 Å². The van der Waals surface area contributed by atoms with Crippen LogP contribution in [0.1, 0.15) is 50.5 Å². The first-order valence-corrected chi connectivity index (χ1v) is 14.3. The van der Waals surface area contributed by atoms with E-state index in [9.17, 15) is 24.9 Å². The quantitative estimate of drug-likeness (QED) is 0.283. The number of amides is 2. The van der Waals surface area contributed by atoms with Gasteiger partial charge in [-0.3, -0.25) is 9.59 Å². The van der Waals surface area contributed by atoms with Gasteiger partial charge < -0.3 is 39.7 Å². The Morgan fingerprint density at radius 1 is 1.18 bits per heavy atom. The maximum atomic E-state index is 13.8. The van der Waals surface area contributed by atoms with Crippen molar-refractivity contribution in [1.82, 2.24) is 10.2 Å². The van der Waals surface area contributed by atoms with Crippen LogP contribution in [-0.4, -0.2) is 89.3 Å². The molecule has 1 aromatic carbocycles. The van der Waals surface area contributed by atoms with Crippen LogP contribution in [0.15, 0.2) is 23.8 Å². The second-order valence-electron chi connectivity index (χ2n) is 9.97. The van der Waals surface area contributed by atoms with E-state index in [0.29, 0.717) is 39.2 Å². The Labute approximate surface area is 236 Å². The maximum absolute atomic E-state index is 13.8. The molecule has 2 aliphatic carbocycles. The summed E-state index contributed by atoms with van der Waals surface area (Å²) in [4.78, 5) is 28.6. The van der Waals surface area contributed by atoms with Crippen LogP contribution >= 0.6 is 22.6 Å². The van der Waals surface area contributed by atoms with Crippen LogP contribution in [0.25, 0.3) is 0 Å². The van der Waals surface area contributed by atoms with E-state index in [0.717, 1.165) is 32.1 Å². The minimum absolute atomic E-state index is 0.0506. The highest BCUT2D eigenvalue weighted by atomic mass is 127. The summed E-state index contributed by atoms with van der Waals surface area (Å²) >= 11 is 2.08. The molecule has 4 atom stereocenters. The molecule has 4 unspecified atom stereocenters. The molecule has 210 valence electrons. The monoisotopic (exact) mass is 644 g/mol. The highest BCUT2D eigenvalue weighted by Crippen LogP contribution is 2.38. The van der Waals surface area contributed by atoms with Crippen LogP contribution in [0.5, 0.6) is 11.5 Å². The molecule has 1 aliphatic heterocycles. The van der Waals surface area contributed by atoms with Gasteiger partial charge >= 0.3 is 0 Å². The lowest BCUT2D eigenvalue weighted by molar-refractivity contribution is -0.151. The summed E-state index contributed by atoms with van der Waals surface area (Å²) in [6, 6.07) is 2.68. The van der Waals surface area contributed by atoms with E-state index >= 15 is 0 Å². The smallest absolute Gasteiger partial charge is 0.252 e. The maximum Gasteiger partial charge on any atom is 0.252 e. The third kappa shape index (κ3) is 6.44. The molecule has 4 rings (SSSR count). The summed E-state index contributed by atoms with van der Waals surface area (Å²) in [6.45, 7) is 0.246. The van der Waals surface area contributed by atoms with Gasteiger partial charge in [-0.2, -0.15) is 0 Å². The molecule has 38 heavy (non-hydrogen) atoms. The molecular formula is C27H37IN2O8. The number of aliphatic hydroxyl groups excluding tert-OH is 3. The van der Waals surface area contributed by atoms with Gasteiger partial charge in [-0.1, -0.05) is 12.8 Å². The number of methoxy groups -OCH3 is 1. The van der Waals surface area contributed by atoms with E-state index in [2.05, 4.69) is 27.9 Å². The number of halogens is 1. The van der Waals surface area contributed by atoms with Crippen molar-refractivity contribution in [2.24, 2.45) is 0 Å². The fraction of sp³-hybridized carbons (Fsp3) is 0.630. The highest BCUT2D eigenvalue weighted by molar-refractivity contribution is 14.1. The fourth-order valence-electron chi connectivity index (χ4n) is 5.60. The Kier molecular flexibility index (Phi) is 10.3. The van der Waals surface area contributed by atoms with E-state index in [1.165, 1.54) is 7.11 Å². The number of aliphatic hydroxyl groups is 3. The molecule has 1 saturated carbocycles. The molecule has 1 heterocycles. The van der Waals surface area contributed by atoms with Crippen LogP contribution < -0.4 is 14.8 Å². The van der Waals surface area contributed by atoms with Gasteiger partial charge in [0.05, 0.1) is 29.9 Å². The minimum Gasteiger partial charge on any atom is -0.493 e. The summed E-state index contributed by atoms with van der Waals surface area (Å²) in [5.74, 6) is 0.240. The van der Waals surface area contributed by atoms with E-state index < -0.39 is 24.4 Å². The van der Waals surface area contributed by atoms with E-state index in [1.807, 2.05) is 0 Å². The van der Waals surface area contributed by atoms with Crippen LogP contribution in [0.3, 0.4) is 0 Å². The molecule has 3 aliphatic rings. The lowest BCUT2D eigenvalue weighted by Gasteiger charge is -2.44. The topological polar surface area (TPSA) is 138 Å². The lowest BCUT2D eigenvalue weighted by Crippen LogP contribution is -2.59. The lowest BCUT2D eigenvalue weighted by atomic mass is 9.86. The largest absolute Gasteiger partial charge is 0.493 e. The van der Waals surface area contributed by atoms with Gasteiger partial charge in [-0.15, -0.1) is 0 Å². The van der Waals surface area contributed by atoms with Crippen molar-refractivity contribution in [3.63, 3.8) is 0 Å². The van der Waals surface area contributed by atoms with Gasteiger partial charge in [0.2, 0.25) is 5.91 Å². The molecule has 11 heteroatoms. The average molecular weight is 645 g/mol. The van der Waals surface area contributed by atoms with Crippen molar-refractivity contribution in [3.8, 4) is 11.5 Å². The third-order valence-electron chi connectivity index (χ3n) is 7.48. The third-order valence-corrected chi connectivity index (χ3v) is 8.28. The van der Waals surface area contributed by atoms with Gasteiger partial charge in [0.25, 0.3) is 5.91 Å². The fourth-order valence-corrected chi connectivity index (χ4v) is 6.39. The second-order valence-corrected chi connectivity index (χ2v) is 11.1. The number of hydrogen-bond donors (Lipinski definition) is 4. The molecule has 1 aromatic rings. The molecule has 0 radical (unpaired) electrons. The van der Waals surface area contributed by atoms with Crippen LogP contribution in [0.2, 0.25) is 0 Å². The predicted octanol–water partition coefficient (Wildman–Crippen LogP) is 1.66. The normalized spacial score (nSPS) is 25.7. The van der Waals surface area contributed by atoms with E-state index in [-0.39, 0.29) is 44.0 Å². The van der Waals surface area contributed by atoms with Crippen LogP contribution in [0.4, 0.5) is 0 Å². The van der Waals surface area contributed by atoms with E-state index in [1.54, 1.807) is 23.1 Å². The standard InChI is InChI=1S/C27H37IN2O8/c1-36-23-12-16(15-32)11-19(28)25(23)38-22-14-17(26(34)29-8-9-31)13-20(24(22)33)30(18-5-2-3-6-18)27(35)21-7-4-10-37-21/h11-12,14,18,20-22,24,31-33H,2-10,13,15H2,1H3,(H,29,34). The Bertz CT molecular complexity index is 1020. The summed E-state index contributed by atoms with van der Waals surface area (Å²) < 4.78 is 18.2. The Hall–Kier alpha value is -1.93. The van der Waals surface area contributed by atoms with Gasteiger partial charge in [0.1, 0.15) is 18.3 Å². The number of ether oxygens (including phenoxy) is 3. The molecule has 0 aromatic heterocycles. The van der Waals surface area contributed by atoms with Crippen LogP contribution in [0, 0.1) is 3.57 Å². The Morgan fingerprint density at radius 2 is 1.95 bits per heavy atom. The molecule has 2 fully saturated rings. The molecular weight excluding hydrogens is 607 g/mol. The molecule has 1 saturated heterocycles. The first kappa shape index (κ1) is 29.1. The first-order chi connectivity index (χ1) is 18.4. The predicted molar refractivity (Wildman–Crippen MR) is 147 cm³/mol.